The molecule has 0 saturated carbocycles. The standard InChI is InChI=1S/C18H19Cl3N2O3S/c1-10-5-6-11(2)17(7-10)23(27(4,25)26)12(3)18(24)22-16-9-14(20)13(19)8-15(16)21/h5-9,12H,1-4H3,(H,22,24)/t12-/m0/s1. The number of benzene rings is 2. The van der Waals surface area contributed by atoms with Crippen LogP contribution in [0.2, 0.25) is 15.1 Å². The molecule has 0 saturated heterocycles. The minimum absolute atomic E-state index is 0.197. The molecule has 5 nitrogen and oxygen atoms in total. The molecule has 0 aliphatic carbocycles. The lowest BCUT2D eigenvalue weighted by Crippen LogP contribution is -2.45. The Morgan fingerprint density at radius 2 is 1.63 bits per heavy atom. The third kappa shape index (κ3) is 5.08. The number of aryl methyl sites for hydroxylation is 2. The van der Waals surface area contributed by atoms with E-state index in [-0.39, 0.29) is 20.8 Å². The fourth-order valence-corrected chi connectivity index (χ4v) is 4.41. The lowest BCUT2D eigenvalue weighted by molar-refractivity contribution is -0.116. The zero-order valence-corrected chi connectivity index (χ0v) is 18.3. The van der Waals surface area contributed by atoms with Crippen LogP contribution in [0, 0.1) is 13.8 Å². The molecule has 146 valence electrons. The number of rotatable bonds is 5. The molecular weight excluding hydrogens is 431 g/mol. The topological polar surface area (TPSA) is 66.5 Å². The SMILES string of the molecule is Cc1ccc(C)c(N([C@@H](C)C(=O)Nc2cc(Cl)c(Cl)cc2Cl)S(C)(=O)=O)c1. The van der Waals surface area contributed by atoms with Crippen molar-refractivity contribution in [3.63, 3.8) is 0 Å². The van der Waals surface area contributed by atoms with Gasteiger partial charge < -0.3 is 5.32 Å². The molecule has 9 heteroatoms. The minimum Gasteiger partial charge on any atom is -0.323 e. The van der Waals surface area contributed by atoms with Gasteiger partial charge in [-0.1, -0.05) is 46.9 Å². The molecule has 0 spiro atoms. The number of amides is 1. The summed E-state index contributed by atoms with van der Waals surface area (Å²) in [7, 11) is -3.73. The second-order valence-corrected chi connectivity index (χ2v) is 9.34. The summed E-state index contributed by atoms with van der Waals surface area (Å²) >= 11 is 18.0. The normalized spacial score (nSPS) is 12.6. The van der Waals surface area contributed by atoms with Crippen molar-refractivity contribution >= 4 is 62.1 Å². The van der Waals surface area contributed by atoms with Crippen molar-refractivity contribution < 1.29 is 13.2 Å². The average molecular weight is 450 g/mol. The van der Waals surface area contributed by atoms with Crippen molar-refractivity contribution in [1.82, 2.24) is 0 Å². The third-order valence-corrected chi connectivity index (χ3v) is 6.22. The Kier molecular flexibility index (Phi) is 6.68. The number of halogens is 3. The second-order valence-electron chi connectivity index (χ2n) is 6.26. The molecule has 2 aromatic rings. The number of sulfonamides is 1. The van der Waals surface area contributed by atoms with Gasteiger partial charge in [-0.15, -0.1) is 0 Å². The van der Waals surface area contributed by atoms with E-state index in [1.165, 1.54) is 19.1 Å². The fraction of sp³-hybridized carbons (Fsp3) is 0.278. The quantitative estimate of drug-likeness (QED) is 0.649. The molecule has 0 radical (unpaired) electrons. The highest BCUT2D eigenvalue weighted by atomic mass is 35.5. The molecule has 1 atom stereocenters. The van der Waals surface area contributed by atoms with Crippen molar-refractivity contribution in [2.75, 3.05) is 15.9 Å². The summed E-state index contributed by atoms with van der Waals surface area (Å²) in [5.74, 6) is -0.554. The van der Waals surface area contributed by atoms with Crippen LogP contribution in [0.4, 0.5) is 11.4 Å². The van der Waals surface area contributed by atoms with Gasteiger partial charge in [0.25, 0.3) is 0 Å². The lowest BCUT2D eigenvalue weighted by Gasteiger charge is -2.30. The molecule has 0 heterocycles. The van der Waals surface area contributed by atoms with Crippen LogP contribution in [0.15, 0.2) is 30.3 Å². The van der Waals surface area contributed by atoms with Gasteiger partial charge in [-0.25, -0.2) is 8.42 Å². The first-order chi connectivity index (χ1) is 12.4. The van der Waals surface area contributed by atoms with Crippen molar-refractivity contribution in [2.45, 2.75) is 26.8 Å². The number of hydrogen-bond acceptors (Lipinski definition) is 3. The van der Waals surface area contributed by atoms with Crippen molar-refractivity contribution in [3.05, 3.63) is 56.5 Å². The smallest absolute Gasteiger partial charge is 0.248 e. The van der Waals surface area contributed by atoms with Gasteiger partial charge in [-0.3, -0.25) is 9.10 Å². The van der Waals surface area contributed by atoms with E-state index in [4.69, 9.17) is 34.8 Å². The molecule has 0 aliphatic heterocycles. The maximum absolute atomic E-state index is 12.8. The van der Waals surface area contributed by atoms with Gasteiger partial charge >= 0.3 is 0 Å². The Morgan fingerprint density at radius 3 is 2.22 bits per heavy atom. The van der Waals surface area contributed by atoms with E-state index in [9.17, 15) is 13.2 Å². The highest BCUT2D eigenvalue weighted by Crippen LogP contribution is 2.33. The Morgan fingerprint density at radius 1 is 1.04 bits per heavy atom. The molecule has 1 N–H and O–H groups in total. The van der Waals surface area contributed by atoms with Gasteiger partial charge in [-0.2, -0.15) is 0 Å². The maximum atomic E-state index is 12.8. The Hall–Kier alpha value is -1.47. The molecule has 1 amide bonds. The minimum atomic E-state index is -3.73. The second kappa shape index (κ2) is 8.27. The van der Waals surface area contributed by atoms with Gasteiger partial charge in [0.1, 0.15) is 6.04 Å². The first kappa shape index (κ1) is 21.8. The van der Waals surface area contributed by atoms with E-state index in [1.807, 2.05) is 19.1 Å². The third-order valence-electron chi connectivity index (χ3n) is 3.96. The average Bonchev–Trinajstić information content (AvgIpc) is 2.54. The van der Waals surface area contributed by atoms with Gasteiger partial charge in [0.05, 0.1) is 32.7 Å². The summed E-state index contributed by atoms with van der Waals surface area (Å²) in [5, 5.41) is 3.28. The highest BCUT2D eigenvalue weighted by molar-refractivity contribution is 7.92. The van der Waals surface area contributed by atoms with E-state index in [0.717, 1.165) is 21.7 Å². The molecule has 0 aliphatic rings. The van der Waals surface area contributed by atoms with E-state index in [1.54, 1.807) is 13.0 Å². The molecule has 0 fully saturated rings. The predicted octanol–water partition coefficient (Wildman–Crippen LogP) is 5.06. The molecule has 2 rings (SSSR count). The summed E-state index contributed by atoms with van der Waals surface area (Å²) in [6.45, 7) is 5.14. The van der Waals surface area contributed by atoms with Crippen molar-refractivity contribution in [3.8, 4) is 0 Å². The highest BCUT2D eigenvalue weighted by Gasteiger charge is 2.30. The maximum Gasteiger partial charge on any atom is 0.248 e. The van der Waals surface area contributed by atoms with Crippen LogP contribution in [0.1, 0.15) is 18.1 Å². The zero-order chi connectivity index (χ0) is 20.5. The fourth-order valence-electron chi connectivity index (χ4n) is 2.59. The van der Waals surface area contributed by atoms with Gasteiger partial charge in [-0.05, 0) is 50.1 Å². The number of carbonyl (C=O) groups excluding carboxylic acids is 1. The monoisotopic (exact) mass is 448 g/mol. The van der Waals surface area contributed by atoms with E-state index in [0.29, 0.717) is 5.69 Å². The number of hydrogen-bond donors (Lipinski definition) is 1. The summed E-state index contributed by atoms with van der Waals surface area (Å²) in [4.78, 5) is 12.8. The summed E-state index contributed by atoms with van der Waals surface area (Å²) < 4.78 is 26.0. The Bertz CT molecular complexity index is 994. The van der Waals surface area contributed by atoms with Crippen LogP contribution in [-0.2, 0) is 14.8 Å². The molecule has 0 unspecified atom stereocenters. The Labute approximate surface area is 174 Å². The first-order valence-electron chi connectivity index (χ1n) is 7.94. The van der Waals surface area contributed by atoms with Gasteiger partial charge in [0.15, 0.2) is 0 Å². The van der Waals surface area contributed by atoms with Crippen LogP contribution in [0.3, 0.4) is 0 Å². The molecule has 0 bridgehead atoms. The van der Waals surface area contributed by atoms with Crippen LogP contribution >= 0.6 is 34.8 Å². The van der Waals surface area contributed by atoms with E-state index in [2.05, 4.69) is 5.32 Å². The molecule has 2 aromatic carbocycles. The van der Waals surface area contributed by atoms with Gasteiger partial charge in [0, 0.05) is 0 Å². The van der Waals surface area contributed by atoms with Gasteiger partial charge in [0.2, 0.25) is 15.9 Å². The van der Waals surface area contributed by atoms with Crippen molar-refractivity contribution in [2.24, 2.45) is 0 Å². The largest absolute Gasteiger partial charge is 0.323 e. The van der Waals surface area contributed by atoms with Crippen LogP contribution < -0.4 is 9.62 Å². The predicted molar refractivity (Wildman–Crippen MR) is 113 cm³/mol. The van der Waals surface area contributed by atoms with Crippen LogP contribution in [-0.4, -0.2) is 26.6 Å². The number of anilines is 2. The zero-order valence-electron chi connectivity index (χ0n) is 15.2. The summed E-state index contributed by atoms with van der Waals surface area (Å²) in [6.07, 6.45) is 1.06. The summed E-state index contributed by atoms with van der Waals surface area (Å²) in [5.41, 5.74) is 2.31. The number of nitrogens with zero attached hydrogens (tertiary/aromatic N) is 1. The van der Waals surface area contributed by atoms with Crippen molar-refractivity contribution in [1.29, 1.82) is 0 Å². The van der Waals surface area contributed by atoms with E-state index < -0.39 is 22.0 Å². The first-order valence-corrected chi connectivity index (χ1v) is 10.9. The van der Waals surface area contributed by atoms with Crippen LogP contribution in [0.5, 0.6) is 0 Å². The molecule has 27 heavy (non-hydrogen) atoms. The summed E-state index contributed by atoms with van der Waals surface area (Å²) in [6, 6.07) is 7.21. The molecule has 0 aromatic heterocycles. The van der Waals surface area contributed by atoms with E-state index >= 15 is 0 Å². The van der Waals surface area contributed by atoms with Crippen LogP contribution in [0.25, 0.3) is 0 Å². The molecular formula is C18H19Cl3N2O3S. The Balaban J connectivity index is 2.42. The number of carbonyl (C=O) groups is 1. The number of nitrogens with one attached hydrogen (secondary N) is 1. The lowest BCUT2D eigenvalue weighted by atomic mass is 10.1.